The van der Waals surface area contributed by atoms with Crippen LogP contribution in [-0.4, -0.2) is 22.1 Å². The fourth-order valence-electron chi connectivity index (χ4n) is 1.72. The molecule has 1 aromatic carbocycles. The minimum Gasteiger partial charge on any atom is -0.480 e. The Morgan fingerprint density at radius 3 is 2.69 bits per heavy atom. The minimum absolute atomic E-state index is 0.714. The second-order valence-corrected chi connectivity index (χ2v) is 3.68. The number of fused-ring (bicyclic) bond motifs is 1. The number of H-pyrrole nitrogens is 1. The van der Waals surface area contributed by atoms with E-state index >= 15 is 0 Å². The number of aromatic amines is 1. The molecule has 16 heavy (non-hydrogen) atoms. The number of nitrogens with one attached hydrogen (secondary N) is 1. The summed E-state index contributed by atoms with van der Waals surface area (Å²) in [6.45, 7) is 0. The number of rotatable bonds is 3. The lowest BCUT2D eigenvalue weighted by Gasteiger charge is -2.15. The van der Waals surface area contributed by atoms with E-state index in [9.17, 15) is 4.79 Å². The minimum atomic E-state index is -1.10. The molecule has 1 heterocycles. The second kappa shape index (κ2) is 3.96. The van der Waals surface area contributed by atoms with Gasteiger partial charge in [0.1, 0.15) is 6.04 Å². The summed E-state index contributed by atoms with van der Waals surface area (Å²) in [5.41, 5.74) is 13.0. The molecule has 0 saturated heterocycles. The molecule has 6 N–H and O–H groups in total. The monoisotopic (exact) mass is 219 g/mol. The largest absolute Gasteiger partial charge is 0.480 e. The normalized spacial score (nSPS) is 14.9. The highest BCUT2D eigenvalue weighted by Gasteiger charge is 2.24. The molecule has 0 aliphatic carbocycles. The summed E-state index contributed by atoms with van der Waals surface area (Å²) in [6, 6.07) is 5.74. The summed E-state index contributed by atoms with van der Waals surface area (Å²) >= 11 is 0. The lowest BCUT2D eigenvalue weighted by atomic mass is 10.0. The van der Waals surface area contributed by atoms with Gasteiger partial charge in [-0.2, -0.15) is 0 Å². The van der Waals surface area contributed by atoms with E-state index in [0.717, 1.165) is 16.5 Å². The number of hydrogen-bond donors (Lipinski definition) is 4. The van der Waals surface area contributed by atoms with Crippen LogP contribution in [0.25, 0.3) is 10.9 Å². The molecular weight excluding hydrogens is 206 g/mol. The molecule has 0 amide bonds. The van der Waals surface area contributed by atoms with Gasteiger partial charge in [0.15, 0.2) is 0 Å². The summed E-state index contributed by atoms with van der Waals surface area (Å²) in [5, 5.41) is 9.72. The van der Waals surface area contributed by atoms with Gasteiger partial charge in [-0.25, -0.2) is 0 Å². The smallest absolute Gasteiger partial charge is 0.322 e. The maximum Gasteiger partial charge on any atom is 0.322 e. The van der Waals surface area contributed by atoms with E-state index in [0.29, 0.717) is 0 Å². The first kappa shape index (κ1) is 10.7. The fourth-order valence-corrected chi connectivity index (χ4v) is 1.72. The third-order valence-corrected chi connectivity index (χ3v) is 2.65. The predicted octanol–water partition coefficient (Wildman–Crippen LogP) is 0.580. The Kier molecular flexibility index (Phi) is 2.64. The Morgan fingerprint density at radius 2 is 2.00 bits per heavy atom. The number of carboxylic acids is 1. The summed E-state index contributed by atoms with van der Waals surface area (Å²) in [7, 11) is 0. The van der Waals surface area contributed by atoms with Gasteiger partial charge in [0.2, 0.25) is 0 Å². The molecule has 5 heteroatoms. The Labute approximate surface area is 92.1 Å². The molecule has 0 aliphatic heterocycles. The third kappa shape index (κ3) is 1.66. The van der Waals surface area contributed by atoms with Crippen LogP contribution in [-0.2, 0) is 4.79 Å². The molecule has 0 aliphatic rings. The highest BCUT2D eigenvalue weighted by Crippen LogP contribution is 2.23. The Bertz CT molecular complexity index is 521. The van der Waals surface area contributed by atoms with Gasteiger partial charge in [0.05, 0.1) is 6.04 Å². The van der Waals surface area contributed by atoms with Crippen molar-refractivity contribution in [3.05, 3.63) is 36.0 Å². The van der Waals surface area contributed by atoms with Crippen molar-refractivity contribution in [3.63, 3.8) is 0 Å². The van der Waals surface area contributed by atoms with Crippen LogP contribution < -0.4 is 11.5 Å². The van der Waals surface area contributed by atoms with Crippen LogP contribution in [0.2, 0.25) is 0 Å². The molecule has 84 valence electrons. The van der Waals surface area contributed by atoms with E-state index < -0.39 is 18.1 Å². The number of carbonyl (C=O) groups is 1. The molecule has 0 bridgehead atoms. The zero-order chi connectivity index (χ0) is 11.7. The number of aromatic nitrogens is 1. The van der Waals surface area contributed by atoms with Gasteiger partial charge < -0.3 is 21.6 Å². The summed E-state index contributed by atoms with van der Waals surface area (Å²) in [5.74, 6) is -1.10. The quantitative estimate of drug-likeness (QED) is 0.606. The Balaban J connectivity index is 2.44. The van der Waals surface area contributed by atoms with Crippen LogP contribution in [0.3, 0.4) is 0 Å². The van der Waals surface area contributed by atoms with Crippen molar-refractivity contribution in [1.29, 1.82) is 0 Å². The van der Waals surface area contributed by atoms with Crippen molar-refractivity contribution >= 4 is 16.9 Å². The van der Waals surface area contributed by atoms with E-state index in [1.807, 2.05) is 24.3 Å². The van der Waals surface area contributed by atoms with Gasteiger partial charge in [-0.3, -0.25) is 4.79 Å². The number of aliphatic carboxylic acids is 1. The highest BCUT2D eigenvalue weighted by atomic mass is 16.4. The molecule has 2 aromatic rings. The lowest BCUT2D eigenvalue weighted by Crippen LogP contribution is -2.40. The van der Waals surface area contributed by atoms with Crippen LogP contribution in [0.1, 0.15) is 11.6 Å². The van der Waals surface area contributed by atoms with Crippen LogP contribution in [0.5, 0.6) is 0 Å². The number of benzene rings is 1. The van der Waals surface area contributed by atoms with Gasteiger partial charge in [0.25, 0.3) is 0 Å². The lowest BCUT2D eigenvalue weighted by molar-refractivity contribution is -0.139. The first-order chi connectivity index (χ1) is 7.61. The molecule has 0 saturated carbocycles. The van der Waals surface area contributed by atoms with Crippen LogP contribution in [0.15, 0.2) is 30.5 Å². The van der Waals surface area contributed by atoms with E-state index in [2.05, 4.69) is 4.98 Å². The van der Waals surface area contributed by atoms with Crippen molar-refractivity contribution in [2.45, 2.75) is 12.1 Å². The molecular formula is C11H13N3O2. The van der Waals surface area contributed by atoms with Crippen molar-refractivity contribution in [1.82, 2.24) is 4.98 Å². The maximum absolute atomic E-state index is 10.8. The number of hydrogen-bond acceptors (Lipinski definition) is 3. The molecule has 2 rings (SSSR count). The average Bonchev–Trinajstić information content (AvgIpc) is 2.70. The van der Waals surface area contributed by atoms with Crippen molar-refractivity contribution in [2.75, 3.05) is 0 Å². The van der Waals surface area contributed by atoms with Gasteiger partial charge in [-0.15, -0.1) is 0 Å². The van der Waals surface area contributed by atoms with Crippen molar-refractivity contribution < 1.29 is 9.90 Å². The van der Waals surface area contributed by atoms with E-state index in [4.69, 9.17) is 16.6 Å². The SMILES string of the molecule is NC(C(=O)O)C(N)c1c[nH]c2ccccc12. The van der Waals surface area contributed by atoms with Gasteiger partial charge in [-0.1, -0.05) is 18.2 Å². The summed E-state index contributed by atoms with van der Waals surface area (Å²) in [6.07, 6.45) is 1.71. The van der Waals surface area contributed by atoms with Crippen molar-refractivity contribution in [2.24, 2.45) is 11.5 Å². The van der Waals surface area contributed by atoms with E-state index in [-0.39, 0.29) is 0 Å². The first-order valence-corrected chi connectivity index (χ1v) is 4.91. The number of nitrogens with two attached hydrogens (primary N) is 2. The predicted molar refractivity (Wildman–Crippen MR) is 60.8 cm³/mol. The van der Waals surface area contributed by atoms with Crippen LogP contribution in [0, 0.1) is 0 Å². The number of carboxylic acid groups (broad SMARTS) is 1. The zero-order valence-electron chi connectivity index (χ0n) is 8.55. The van der Waals surface area contributed by atoms with Gasteiger partial charge in [-0.05, 0) is 11.6 Å². The second-order valence-electron chi connectivity index (χ2n) is 3.68. The number of para-hydroxylation sites is 1. The van der Waals surface area contributed by atoms with Crippen molar-refractivity contribution in [3.8, 4) is 0 Å². The average molecular weight is 219 g/mol. The molecule has 5 nitrogen and oxygen atoms in total. The summed E-state index contributed by atoms with van der Waals surface area (Å²) in [4.78, 5) is 13.8. The highest BCUT2D eigenvalue weighted by molar-refractivity contribution is 5.85. The fraction of sp³-hybridized carbons (Fsp3) is 0.182. The third-order valence-electron chi connectivity index (χ3n) is 2.65. The molecule has 0 fully saturated rings. The standard InChI is InChI=1S/C11H13N3O2/c12-9(10(13)11(15)16)7-5-14-8-4-2-1-3-6(7)8/h1-5,9-10,14H,12-13H2,(H,15,16). The maximum atomic E-state index is 10.8. The molecule has 2 atom stereocenters. The molecule has 2 unspecified atom stereocenters. The molecule has 1 aromatic heterocycles. The summed E-state index contributed by atoms with van der Waals surface area (Å²) < 4.78 is 0. The Hall–Kier alpha value is -1.85. The van der Waals surface area contributed by atoms with Crippen LogP contribution in [0.4, 0.5) is 0 Å². The topological polar surface area (TPSA) is 105 Å². The van der Waals surface area contributed by atoms with Gasteiger partial charge >= 0.3 is 5.97 Å². The zero-order valence-corrected chi connectivity index (χ0v) is 8.55. The van der Waals surface area contributed by atoms with E-state index in [1.165, 1.54) is 0 Å². The Morgan fingerprint density at radius 1 is 1.31 bits per heavy atom. The first-order valence-electron chi connectivity index (χ1n) is 4.91. The molecule has 0 spiro atoms. The van der Waals surface area contributed by atoms with Gasteiger partial charge in [0, 0.05) is 17.1 Å². The molecule has 0 radical (unpaired) electrons. The van der Waals surface area contributed by atoms with E-state index in [1.54, 1.807) is 6.20 Å². The van der Waals surface area contributed by atoms with Crippen LogP contribution >= 0.6 is 0 Å².